The molecule has 3 N–H and O–H groups in total. The van der Waals surface area contributed by atoms with E-state index in [2.05, 4.69) is 10.3 Å². The van der Waals surface area contributed by atoms with Gasteiger partial charge in [0.1, 0.15) is 10.9 Å². The van der Waals surface area contributed by atoms with Gasteiger partial charge in [-0.05, 0) is 18.2 Å². The van der Waals surface area contributed by atoms with E-state index in [0.717, 1.165) is 11.3 Å². The Balaban J connectivity index is 2.19. The molecule has 0 spiro atoms. The van der Waals surface area contributed by atoms with E-state index < -0.39 is 0 Å². The monoisotopic (exact) mass is 278 g/mol. The van der Waals surface area contributed by atoms with Gasteiger partial charge in [0.05, 0.1) is 0 Å². The number of amides is 1. The van der Waals surface area contributed by atoms with Crippen LogP contribution in [0.15, 0.2) is 24.3 Å². The van der Waals surface area contributed by atoms with Crippen LogP contribution in [-0.4, -0.2) is 10.9 Å². The van der Waals surface area contributed by atoms with Gasteiger partial charge in [-0.25, -0.2) is 4.98 Å². The van der Waals surface area contributed by atoms with Crippen LogP contribution in [0.25, 0.3) is 0 Å². The fourth-order valence-corrected chi connectivity index (χ4v) is 2.13. The van der Waals surface area contributed by atoms with E-state index >= 15 is 0 Å². The van der Waals surface area contributed by atoms with Crippen molar-refractivity contribution < 1.29 is 4.79 Å². The average molecular weight is 279 g/mol. The van der Waals surface area contributed by atoms with Gasteiger partial charge in [-0.3, -0.25) is 10.1 Å². The van der Waals surface area contributed by atoms with Crippen molar-refractivity contribution in [2.45, 2.75) is 0 Å². The summed E-state index contributed by atoms with van der Waals surface area (Å²) in [4.78, 5) is 16.0. The lowest BCUT2D eigenvalue weighted by molar-refractivity contribution is 0.102. The molecule has 0 saturated carbocycles. The minimum absolute atomic E-state index is 0.115. The number of halogens is 1. The molecule has 0 fully saturated rings. The van der Waals surface area contributed by atoms with E-state index in [1.54, 1.807) is 24.3 Å². The van der Waals surface area contributed by atoms with Crippen LogP contribution >= 0.6 is 22.9 Å². The van der Waals surface area contributed by atoms with Gasteiger partial charge in [0.25, 0.3) is 5.91 Å². The van der Waals surface area contributed by atoms with Gasteiger partial charge >= 0.3 is 0 Å². The summed E-state index contributed by atoms with van der Waals surface area (Å²) in [5.74, 6) is -0.236. The Morgan fingerprint density at radius 3 is 2.94 bits per heavy atom. The summed E-state index contributed by atoms with van der Waals surface area (Å²) in [7, 11) is 0. The highest BCUT2D eigenvalue weighted by Gasteiger charge is 2.12. The first kappa shape index (κ1) is 12.4. The van der Waals surface area contributed by atoms with Gasteiger partial charge in [0.2, 0.25) is 0 Å². The highest BCUT2D eigenvalue weighted by atomic mass is 35.5. The van der Waals surface area contributed by atoms with Crippen molar-refractivity contribution in [3.63, 3.8) is 0 Å². The van der Waals surface area contributed by atoms with E-state index in [1.165, 1.54) is 0 Å². The van der Waals surface area contributed by atoms with Crippen LogP contribution in [-0.2, 0) is 0 Å². The van der Waals surface area contributed by atoms with Crippen molar-refractivity contribution >= 4 is 39.8 Å². The second-order valence-electron chi connectivity index (χ2n) is 3.31. The number of carbonyl (C=O) groups excluding carboxylic acids is 1. The summed E-state index contributed by atoms with van der Waals surface area (Å²) in [5, 5.41) is 12.0. The second kappa shape index (κ2) is 5.04. The molecule has 2 rings (SSSR count). The number of nitrogen functional groups attached to an aromatic ring is 1. The smallest absolute Gasteiger partial charge is 0.257 e. The van der Waals surface area contributed by atoms with Crippen LogP contribution in [0.4, 0.5) is 10.9 Å². The highest BCUT2D eigenvalue weighted by Crippen LogP contribution is 2.24. The molecule has 2 aromatic rings. The SMILES string of the molecule is N#Cc1sc(NC(=O)c2cccc(Cl)c2)nc1N. The molecule has 0 aliphatic carbocycles. The molecule has 0 aliphatic rings. The number of carbonyl (C=O) groups is 1. The Labute approximate surface area is 112 Å². The molecule has 90 valence electrons. The molecule has 18 heavy (non-hydrogen) atoms. The first-order chi connectivity index (χ1) is 8.60. The van der Waals surface area contributed by atoms with Gasteiger partial charge in [0, 0.05) is 10.6 Å². The summed E-state index contributed by atoms with van der Waals surface area (Å²) in [6.07, 6.45) is 0. The standard InChI is InChI=1S/C11H7ClN4OS/c12-7-3-1-2-6(4-7)10(17)16-11-15-9(14)8(5-13)18-11/h1-4H,14H2,(H,15,16,17). The maximum Gasteiger partial charge on any atom is 0.257 e. The fraction of sp³-hybridized carbons (Fsp3) is 0. The van der Waals surface area contributed by atoms with Crippen LogP contribution < -0.4 is 11.1 Å². The quantitative estimate of drug-likeness (QED) is 0.883. The number of rotatable bonds is 2. The molecular weight excluding hydrogens is 272 g/mol. The lowest BCUT2D eigenvalue weighted by atomic mass is 10.2. The maximum absolute atomic E-state index is 11.8. The molecule has 0 radical (unpaired) electrons. The Kier molecular flexibility index (Phi) is 3.46. The third-order valence-corrected chi connectivity index (χ3v) is 3.19. The molecule has 5 nitrogen and oxygen atoms in total. The molecule has 0 aliphatic heterocycles. The van der Waals surface area contributed by atoms with Gasteiger partial charge in [-0.2, -0.15) is 5.26 Å². The van der Waals surface area contributed by atoms with Crippen molar-refractivity contribution in [2.75, 3.05) is 11.1 Å². The van der Waals surface area contributed by atoms with Crippen molar-refractivity contribution in [1.29, 1.82) is 5.26 Å². The highest BCUT2D eigenvalue weighted by molar-refractivity contribution is 7.16. The number of hydrogen-bond donors (Lipinski definition) is 2. The molecule has 0 unspecified atom stereocenters. The number of nitriles is 1. The number of thiazole rings is 1. The first-order valence-electron chi connectivity index (χ1n) is 4.83. The van der Waals surface area contributed by atoms with Gasteiger partial charge in [-0.1, -0.05) is 29.0 Å². The summed E-state index contributed by atoms with van der Waals surface area (Å²) in [5.41, 5.74) is 5.91. The van der Waals surface area contributed by atoms with Crippen LogP contribution in [0, 0.1) is 11.3 Å². The van der Waals surface area contributed by atoms with Gasteiger partial charge < -0.3 is 5.73 Å². The van der Waals surface area contributed by atoms with E-state index in [4.69, 9.17) is 22.6 Å². The summed E-state index contributed by atoms with van der Waals surface area (Å²) in [6.45, 7) is 0. The summed E-state index contributed by atoms with van der Waals surface area (Å²) >= 11 is 6.81. The molecule has 0 saturated heterocycles. The molecule has 1 heterocycles. The topological polar surface area (TPSA) is 91.8 Å². The van der Waals surface area contributed by atoms with E-state index in [-0.39, 0.29) is 21.7 Å². The fourth-order valence-electron chi connectivity index (χ4n) is 1.26. The molecule has 0 atom stereocenters. The zero-order valence-electron chi connectivity index (χ0n) is 8.98. The van der Waals surface area contributed by atoms with Crippen LogP contribution in [0.1, 0.15) is 15.2 Å². The van der Waals surface area contributed by atoms with E-state index in [9.17, 15) is 4.79 Å². The molecule has 7 heteroatoms. The zero-order valence-corrected chi connectivity index (χ0v) is 10.5. The zero-order chi connectivity index (χ0) is 13.1. The lowest BCUT2D eigenvalue weighted by Crippen LogP contribution is -2.11. The third kappa shape index (κ3) is 2.59. The predicted octanol–water partition coefficient (Wildman–Crippen LogP) is 2.50. The van der Waals surface area contributed by atoms with Crippen LogP contribution in [0.3, 0.4) is 0 Å². The second-order valence-corrected chi connectivity index (χ2v) is 4.75. The van der Waals surface area contributed by atoms with Crippen LogP contribution in [0.2, 0.25) is 5.02 Å². The molecule has 1 aromatic carbocycles. The van der Waals surface area contributed by atoms with Crippen molar-refractivity contribution in [2.24, 2.45) is 0 Å². The van der Waals surface area contributed by atoms with Gasteiger partial charge in [0.15, 0.2) is 10.9 Å². The Bertz CT molecular complexity index is 647. The van der Waals surface area contributed by atoms with Gasteiger partial charge in [-0.15, -0.1) is 0 Å². The summed E-state index contributed by atoms with van der Waals surface area (Å²) < 4.78 is 0. The largest absolute Gasteiger partial charge is 0.382 e. The maximum atomic E-state index is 11.8. The number of nitrogens with two attached hydrogens (primary N) is 1. The lowest BCUT2D eigenvalue weighted by Gasteiger charge is -2.01. The number of nitrogens with one attached hydrogen (secondary N) is 1. The van der Waals surface area contributed by atoms with E-state index in [1.807, 2.05) is 6.07 Å². The summed E-state index contributed by atoms with van der Waals surface area (Å²) in [6, 6.07) is 8.41. The number of hydrogen-bond acceptors (Lipinski definition) is 5. The molecular formula is C11H7ClN4OS. The number of anilines is 2. The van der Waals surface area contributed by atoms with Crippen molar-refractivity contribution in [3.05, 3.63) is 39.7 Å². The Morgan fingerprint density at radius 2 is 2.33 bits per heavy atom. The predicted molar refractivity (Wildman–Crippen MR) is 70.6 cm³/mol. The minimum Gasteiger partial charge on any atom is -0.382 e. The number of benzene rings is 1. The number of aromatic nitrogens is 1. The van der Waals surface area contributed by atoms with Crippen LogP contribution in [0.5, 0.6) is 0 Å². The molecule has 1 amide bonds. The Morgan fingerprint density at radius 1 is 1.56 bits per heavy atom. The number of nitrogens with zero attached hydrogens (tertiary/aromatic N) is 2. The first-order valence-corrected chi connectivity index (χ1v) is 6.03. The average Bonchev–Trinajstić information content (AvgIpc) is 2.69. The van der Waals surface area contributed by atoms with Crippen molar-refractivity contribution in [3.8, 4) is 6.07 Å². The molecule has 0 bridgehead atoms. The Hall–Kier alpha value is -2.10. The molecule has 1 aromatic heterocycles. The normalized spacial score (nSPS) is 9.78. The van der Waals surface area contributed by atoms with E-state index in [0.29, 0.717) is 10.6 Å². The van der Waals surface area contributed by atoms with Crippen molar-refractivity contribution in [1.82, 2.24) is 4.98 Å². The third-order valence-electron chi connectivity index (χ3n) is 2.06. The minimum atomic E-state index is -0.351.